The summed E-state index contributed by atoms with van der Waals surface area (Å²) in [7, 11) is 1.73. The first-order chi connectivity index (χ1) is 16.4. The van der Waals surface area contributed by atoms with Gasteiger partial charge in [-0.05, 0) is 56.5 Å². The lowest BCUT2D eigenvalue weighted by Gasteiger charge is -2.43. The molecule has 0 spiro atoms. The number of carbonyl (C=O) groups is 1. The van der Waals surface area contributed by atoms with Crippen molar-refractivity contribution < 1.29 is 4.79 Å². The number of anilines is 2. The van der Waals surface area contributed by atoms with Gasteiger partial charge in [-0.1, -0.05) is 12.1 Å². The van der Waals surface area contributed by atoms with E-state index in [9.17, 15) is 9.59 Å². The number of fused-ring (bicyclic) bond motifs is 1. The summed E-state index contributed by atoms with van der Waals surface area (Å²) in [6.07, 6.45) is 3.14. The molecule has 3 aromatic rings. The van der Waals surface area contributed by atoms with Gasteiger partial charge in [-0.25, -0.2) is 9.97 Å². The summed E-state index contributed by atoms with van der Waals surface area (Å²) < 4.78 is 1.56. The Kier molecular flexibility index (Phi) is 5.98. The molecule has 5 rings (SSSR count). The molecule has 0 aliphatic carbocycles. The number of hydrogen-bond donors (Lipinski definition) is 0. The number of hydrogen-bond acceptors (Lipinski definition) is 6. The number of nitrogens with zero attached hydrogens (tertiary/aromatic N) is 6. The normalized spacial score (nSPS) is 19.6. The van der Waals surface area contributed by atoms with Crippen LogP contribution in [0.3, 0.4) is 0 Å². The minimum absolute atomic E-state index is 0.0000511. The molecule has 8 heteroatoms. The van der Waals surface area contributed by atoms with E-state index in [1.807, 2.05) is 21.9 Å². The van der Waals surface area contributed by atoms with Crippen LogP contribution in [0.25, 0.3) is 11.2 Å². The number of rotatable bonds is 3. The molecule has 2 saturated heterocycles. The van der Waals surface area contributed by atoms with E-state index < -0.39 is 0 Å². The van der Waals surface area contributed by atoms with Crippen LogP contribution in [0.1, 0.15) is 25.3 Å². The zero-order valence-corrected chi connectivity index (χ0v) is 20.1. The molecule has 1 aromatic carbocycles. The Morgan fingerprint density at radius 1 is 1.06 bits per heavy atom. The summed E-state index contributed by atoms with van der Waals surface area (Å²) in [6.45, 7) is 7.96. The fourth-order valence-electron chi connectivity index (χ4n) is 5.29. The van der Waals surface area contributed by atoms with Crippen LogP contribution in [-0.2, 0) is 11.8 Å². The molecule has 1 atom stereocenters. The van der Waals surface area contributed by atoms with Crippen LogP contribution in [0, 0.1) is 12.8 Å². The van der Waals surface area contributed by atoms with Crippen LogP contribution in [-0.4, -0.2) is 64.1 Å². The van der Waals surface area contributed by atoms with E-state index >= 15 is 0 Å². The number of piperidine rings is 1. The van der Waals surface area contributed by atoms with Crippen molar-refractivity contribution in [2.45, 2.75) is 32.7 Å². The lowest BCUT2D eigenvalue weighted by Crippen LogP contribution is -2.55. The average Bonchev–Trinajstić information content (AvgIpc) is 2.86. The van der Waals surface area contributed by atoms with Crippen molar-refractivity contribution in [1.82, 2.24) is 19.4 Å². The SMILES string of the molecule is Cc1cccc(N2CCN(C(=O)C3CCN(c4nc5cccnc5n(C)c4=O)CC3)CC2C)c1. The van der Waals surface area contributed by atoms with Gasteiger partial charge >= 0.3 is 0 Å². The van der Waals surface area contributed by atoms with Crippen molar-refractivity contribution in [2.24, 2.45) is 13.0 Å². The van der Waals surface area contributed by atoms with Crippen LogP contribution in [0.15, 0.2) is 47.4 Å². The molecule has 2 fully saturated rings. The Morgan fingerprint density at radius 2 is 1.85 bits per heavy atom. The van der Waals surface area contributed by atoms with Crippen molar-refractivity contribution in [3.8, 4) is 0 Å². The standard InChI is InChI=1S/C26H32N6O2/c1-18-6-4-7-21(16-18)32-15-14-31(17-19(32)2)25(33)20-9-12-30(13-10-20)24-26(34)29(3)23-22(28-24)8-5-11-27-23/h4-8,11,16,19-20H,9-10,12-15,17H2,1-3H3. The van der Waals surface area contributed by atoms with Gasteiger partial charge in [0.1, 0.15) is 5.52 Å². The molecule has 8 nitrogen and oxygen atoms in total. The van der Waals surface area contributed by atoms with Gasteiger partial charge in [0.15, 0.2) is 11.5 Å². The van der Waals surface area contributed by atoms with Crippen molar-refractivity contribution in [3.05, 3.63) is 58.5 Å². The first kappa shape index (κ1) is 22.4. The fourth-order valence-corrected chi connectivity index (χ4v) is 5.29. The highest BCUT2D eigenvalue weighted by Gasteiger charge is 2.33. The highest BCUT2D eigenvalue weighted by atomic mass is 16.2. The number of pyridine rings is 1. The summed E-state index contributed by atoms with van der Waals surface area (Å²) in [4.78, 5) is 41.6. The Labute approximate surface area is 199 Å². The second-order valence-electron chi connectivity index (χ2n) is 9.57. The zero-order chi connectivity index (χ0) is 23.8. The van der Waals surface area contributed by atoms with E-state index in [1.54, 1.807) is 17.8 Å². The number of benzene rings is 1. The van der Waals surface area contributed by atoms with Gasteiger partial charge in [0.2, 0.25) is 5.91 Å². The van der Waals surface area contributed by atoms with Gasteiger partial charge in [-0.2, -0.15) is 0 Å². The maximum absolute atomic E-state index is 13.3. The first-order valence-electron chi connectivity index (χ1n) is 12.1. The molecule has 178 valence electrons. The zero-order valence-electron chi connectivity index (χ0n) is 20.1. The second kappa shape index (κ2) is 9.08. The predicted molar refractivity (Wildman–Crippen MR) is 134 cm³/mol. The summed E-state index contributed by atoms with van der Waals surface area (Å²) in [6, 6.07) is 12.5. The van der Waals surface area contributed by atoms with E-state index in [2.05, 4.69) is 53.0 Å². The predicted octanol–water partition coefficient (Wildman–Crippen LogP) is 2.59. The van der Waals surface area contributed by atoms with Crippen molar-refractivity contribution >= 4 is 28.6 Å². The van der Waals surface area contributed by atoms with Gasteiger partial charge in [-0.15, -0.1) is 0 Å². The number of aryl methyl sites for hydroxylation is 2. The molecule has 0 saturated carbocycles. The van der Waals surface area contributed by atoms with Gasteiger partial charge in [0.25, 0.3) is 5.56 Å². The fraction of sp³-hybridized carbons (Fsp3) is 0.462. The molecule has 2 aliphatic heterocycles. The smallest absolute Gasteiger partial charge is 0.294 e. The van der Waals surface area contributed by atoms with E-state index in [0.717, 1.165) is 32.5 Å². The number of piperazine rings is 1. The summed E-state index contributed by atoms with van der Waals surface area (Å²) in [5, 5.41) is 0. The molecular formula is C26H32N6O2. The van der Waals surface area contributed by atoms with Crippen molar-refractivity contribution in [2.75, 3.05) is 42.5 Å². The van der Waals surface area contributed by atoms with Crippen LogP contribution in [0.5, 0.6) is 0 Å². The van der Waals surface area contributed by atoms with E-state index in [1.165, 1.54) is 11.3 Å². The maximum Gasteiger partial charge on any atom is 0.294 e. The highest BCUT2D eigenvalue weighted by Crippen LogP contribution is 2.26. The second-order valence-corrected chi connectivity index (χ2v) is 9.57. The summed E-state index contributed by atoms with van der Waals surface area (Å²) >= 11 is 0. The lowest BCUT2D eigenvalue weighted by molar-refractivity contribution is -0.137. The topological polar surface area (TPSA) is 74.6 Å². The third-order valence-electron chi connectivity index (χ3n) is 7.22. The molecule has 0 N–H and O–H groups in total. The van der Waals surface area contributed by atoms with Crippen molar-refractivity contribution in [3.63, 3.8) is 0 Å². The lowest BCUT2D eigenvalue weighted by atomic mass is 9.94. The Balaban J connectivity index is 1.23. The number of amides is 1. The Morgan fingerprint density at radius 3 is 2.59 bits per heavy atom. The molecule has 4 heterocycles. The summed E-state index contributed by atoms with van der Waals surface area (Å²) in [5.74, 6) is 0.702. The Bertz CT molecular complexity index is 1260. The highest BCUT2D eigenvalue weighted by molar-refractivity contribution is 5.80. The molecule has 1 unspecified atom stereocenters. The monoisotopic (exact) mass is 460 g/mol. The molecule has 34 heavy (non-hydrogen) atoms. The molecule has 0 radical (unpaired) electrons. The van der Waals surface area contributed by atoms with Gasteiger partial charge in [0.05, 0.1) is 0 Å². The Hall–Kier alpha value is -3.42. The number of aromatic nitrogens is 3. The molecular weight excluding hydrogens is 428 g/mol. The third-order valence-corrected chi connectivity index (χ3v) is 7.22. The van der Waals surface area contributed by atoms with Crippen LogP contribution in [0.4, 0.5) is 11.5 Å². The van der Waals surface area contributed by atoms with Crippen molar-refractivity contribution in [1.29, 1.82) is 0 Å². The maximum atomic E-state index is 13.3. The van der Waals surface area contributed by atoms with Gasteiger partial charge in [-0.3, -0.25) is 14.2 Å². The number of carbonyl (C=O) groups excluding carboxylic acids is 1. The summed E-state index contributed by atoms with van der Waals surface area (Å²) in [5.41, 5.74) is 3.63. The first-order valence-corrected chi connectivity index (χ1v) is 12.1. The van der Waals surface area contributed by atoms with Crippen LogP contribution in [0.2, 0.25) is 0 Å². The van der Waals surface area contributed by atoms with E-state index in [4.69, 9.17) is 0 Å². The minimum Gasteiger partial charge on any atom is -0.365 e. The van der Waals surface area contributed by atoms with Crippen LogP contribution < -0.4 is 15.4 Å². The molecule has 2 aliphatic rings. The molecule has 2 aromatic heterocycles. The molecule has 0 bridgehead atoms. The minimum atomic E-state index is -0.142. The van der Waals surface area contributed by atoms with E-state index in [-0.39, 0.29) is 23.4 Å². The van der Waals surface area contributed by atoms with E-state index in [0.29, 0.717) is 30.1 Å². The van der Waals surface area contributed by atoms with Gasteiger partial charge < -0.3 is 14.7 Å². The van der Waals surface area contributed by atoms with Gasteiger partial charge in [0, 0.05) is 63.6 Å². The quantitative estimate of drug-likeness (QED) is 0.598. The molecule has 1 amide bonds. The van der Waals surface area contributed by atoms with Crippen LogP contribution >= 0.6 is 0 Å². The third kappa shape index (κ3) is 4.13. The largest absolute Gasteiger partial charge is 0.365 e. The average molecular weight is 461 g/mol.